The smallest absolute Gasteiger partial charge is 0.338 e. The summed E-state index contributed by atoms with van der Waals surface area (Å²) in [5.41, 5.74) is 4.88. The second-order valence-electron chi connectivity index (χ2n) is 9.63. The molecule has 38 heavy (non-hydrogen) atoms. The number of aromatic nitrogens is 2. The molecule has 4 aromatic rings. The third kappa shape index (κ3) is 8.25. The lowest BCUT2D eigenvalue weighted by Crippen LogP contribution is -2.10. The normalized spacial score (nSPS) is 11.0. The second-order valence-corrected chi connectivity index (χ2v) is 10.7. The van der Waals surface area contributed by atoms with Crippen molar-refractivity contribution in [3.8, 4) is 28.3 Å². The van der Waals surface area contributed by atoms with E-state index in [-0.39, 0.29) is 5.97 Å². The van der Waals surface area contributed by atoms with Gasteiger partial charge in [-0.3, -0.25) is 0 Å². The van der Waals surface area contributed by atoms with Gasteiger partial charge in [-0.15, -0.1) is 0 Å². The van der Waals surface area contributed by atoms with Gasteiger partial charge in [-0.2, -0.15) is 0 Å². The van der Waals surface area contributed by atoms with Gasteiger partial charge in [-0.05, 0) is 43.0 Å². The van der Waals surface area contributed by atoms with E-state index in [1.807, 2.05) is 38.1 Å². The number of carbonyl (C=O) groups excluding carboxylic acids is 1. The Kier molecular flexibility index (Phi) is 10.5. The molecule has 1 heterocycles. The van der Waals surface area contributed by atoms with Crippen molar-refractivity contribution in [2.75, 3.05) is 19.0 Å². The Bertz CT molecular complexity index is 1200. The Morgan fingerprint density at radius 3 is 2.18 bits per heavy atom. The molecule has 0 aliphatic carbocycles. The summed E-state index contributed by atoms with van der Waals surface area (Å²) < 4.78 is 11.1. The van der Waals surface area contributed by atoms with Gasteiger partial charge in [-0.1, -0.05) is 99.1 Å². The molecule has 0 aliphatic heterocycles. The van der Waals surface area contributed by atoms with Crippen LogP contribution in [-0.2, 0) is 4.74 Å². The number of unbranched alkanes of at least 4 members (excludes halogenated alkanes) is 3. The molecule has 0 amide bonds. The molecule has 0 saturated carbocycles. The van der Waals surface area contributed by atoms with Crippen molar-refractivity contribution in [1.82, 2.24) is 9.97 Å². The highest BCUT2D eigenvalue weighted by Gasteiger charge is 2.14. The number of rotatable bonds is 14. The lowest BCUT2D eigenvalue weighted by molar-refractivity contribution is 0.0459. The van der Waals surface area contributed by atoms with Gasteiger partial charge in [0.05, 0.1) is 30.2 Å². The van der Waals surface area contributed by atoms with Gasteiger partial charge in [-0.25, -0.2) is 9.78 Å². The SMILES string of the molecule is CC(C)COC(=O)c1ccc(OCCCCCCSc2nc(-c3ccccc3)c(-c3ccccc3)[nH]2)cc1. The number of imidazole rings is 1. The number of carbonyl (C=O) groups is 1. The maximum Gasteiger partial charge on any atom is 0.338 e. The van der Waals surface area contributed by atoms with Gasteiger partial charge < -0.3 is 14.5 Å². The lowest BCUT2D eigenvalue weighted by atomic mass is 10.1. The first-order valence-corrected chi connectivity index (χ1v) is 14.3. The minimum atomic E-state index is -0.287. The summed E-state index contributed by atoms with van der Waals surface area (Å²) in [6.07, 6.45) is 4.39. The number of ether oxygens (including phenoxy) is 2. The summed E-state index contributed by atoms with van der Waals surface area (Å²) in [6.45, 7) is 5.14. The van der Waals surface area contributed by atoms with E-state index in [0.29, 0.717) is 24.7 Å². The van der Waals surface area contributed by atoms with Crippen LogP contribution in [0.2, 0.25) is 0 Å². The third-order valence-corrected chi connectivity index (χ3v) is 6.94. The van der Waals surface area contributed by atoms with Crippen molar-refractivity contribution < 1.29 is 14.3 Å². The van der Waals surface area contributed by atoms with E-state index in [1.54, 1.807) is 23.9 Å². The van der Waals surface area contributed by atoms with E-state index < -0.39 is 0 Å². The highest BCUT2D eigenvalue weighted by molar-refractivity contribution is 7.99. The maximum absolute atomic E-state index is 12.0. The summed E-state index contributed by atoms with van der Waals surface area (Å²) in [5, 5.41) is 0.961. The third-order valence-electron chi connectivity index (χ3n) is 5.98. The molecule has 198 valence electrons. The predicted molar refractivity (Wildman–Crippen MR) is 156 cm³/mol. The maximum atomic E-state index is 12.0. The van der Waals surface area contributed by atoms with Crippen LogP contribution in [0.4, 0.5) is 0 Å². The van der Waals surface area contributed by atoms with Crippen molar-refractivity contribution in [1.29, 1.82) is 0 Å². The Morgan fingerprint density at radius 2 is 1.50 bits per heavy atom. The number of esters is 1. The minimum Gasteiger partial charge on any atom is -0.494 e. The lowest BCUT2D eigenvalue weighted by Gasteiger charge is -2.09. The molecule has 0 fully saturated rings. The molecule has 0 spiro atoms. The Balaban J connectivity index is 1.17. The monoisotopic (exact) mass is 528 g/mol. The molecule has 3 aromatic carbocycles. The summed E-state index contributed by atoms with van der Waals surface area (Å²) in [5.74, 6) is 1.84. The highest BCUT2D eigenvalue weighted by Crippen LogP contribution is 2.32. The molecule has 0 unspecified atom stereocenters. The van der Waals surface area contributed by atoms with Crippen LogP contribution in [0.5, 0.6) is 5.75 Å². The topological polar surface area (TPSA) is 64.2 Å². The largest absolute Gasteiger partial charge is 0.494 e. The van der Waals surface area contributed by atoms with Crippen LogP contribution in [0.1, 0.15) is 49.9 Å². The number of hydrogen-bond acceptors (Lipinski definition) is 5. The van der Waals surface area contributed by atoms with E-state index in [9.17, 15) is 4.79 Å². The number of aromatic amines is 1. The average Bonchev–Trinajstić information content (AvgIpc) is 3.38. The van der Waals surface area contributed by atoms with E-state index in [2.05, 4.69) is 53.5 Å². The molecule has 0 aliphatic rings. The molecule has 1 aromatic heterocycles. The second kappa shape index (κ2) is 14.4. The fraction of sp³-hybridized carbons (Fsp3) is 0.312. The van der Waals surface area contributed by atoms with Crippen molar-refractivity contribution in [3.63, 3.8) is 0 Å². The zero-order chi connectivity index (χ0) is 26.6. The molecule has 0 saturated heterocycles. The molecule has 0 atom stereocenters. The molecular formula is C32H36N2O3S. The molecule has 5 nitrogen and oxygen atoms in total. The zero-order valence-corrected chi connectivity index (χ0v) is 23.0. The fourth-order valence-electron chi connectivity index (χ4n) is 3.97. The number of thioether (sulfide) groups is 1. The van der Waals surface area contributed by atoms with Gasteiger partial charge in [0.25, 0.3) is 0 Å². The van der Waals surface area contributed by atoms with Crippen LogP contribution in [0.25, 0.3) is 22.5 Å². The predicted octanol–water partition coefficient (Wildman–Crippen LogP) is 8.29. The zero-order valence-electron chi connectivity index (χ0n) is 22.2. The van der Waals surface area contributed by atoms with Gasteiger partial charge in [0.2, 0.25) is 0 Å². The van der Waals surface area contributed by atoms with Crippen LogP contribution in [0.3, 0.4) is 0 Å². The Morgan fingerprint density at radius 1 is 0.842 bits per heavy atom. The summed E-state index contributed by atoms with van der Waals surface area (Å²) >= 11 is 1.78. The van der Waals surface area contributed by atoms with Crippen molar-refractivity contribution in [2.24, 2.45) is 5.92 Å². The average molecular weight is 529 g/mol. The van der Waals surface area contributed by atoms with Crippen LogP contribution in [-0.4, -0.2) is 34.9 Å². The van der Waals surface area contributed by atoms with Crippen molar-refractivity contribution in [2.45, 2.75) is 44.7 Å². The standard InChI is InChI=1S/C32H36N2O3S/c1-24(2)23-37-31(35)27-17-19-28(20-18-27)36-21-11-3-4-12-22-38-32-33-29(25-13-7-5-8-14-25)30(34-32)26-15-9-6-10-16-26/h5-10,13-20,24H,3-4,11-12,21-23H2,1-2H3,(H,33,34). The first-order chi connectivity index (χ1) is 18.6. The van der Waals surface area contributed by atoms with Gasteiger partial charge >= 0.3 is 5.97 Å². The van der Waals surface area contributed by atoms with Gasteiger partial charge in [0, 0.05) is 16.9 Å². The van der Waals surface area contributed by atoms with Crippen LogP contribution in [0, 0.1) is 5.92 Å². The quantitative estimate of drug-likeness (QED) is 0.101. The fourth-order valence-corrected chi connectivity index (χ4v) is 4.84. The van der Waals surface area contributed by atoms with Crippen molar-refractivity contribution in [3.05, 3.63) is 90.5 Å². The number of hydrogen-bond donors (Lipinski definition) is 1. The summed E-state index contributed by atoms with van der Waals surface area (Å²) in [7, 11) is 0. The number of H-pyrrole nitrogens is 1. The van der Waals surface area contributed by atoms with Crippen LogP contribution in [0.15, 0.2) is 90.1 Å². The summed E-state index contributed by atoms with van der Waals surface area (Å²) in [4.78, 5) is 20.5. The Hall–Kier alpha value is -3.51. The van der Waals surface area contributed by atoms with E-state index in [0.717, 1.165) is 64.9 Å². The number of benzene rings is 3. The number of nitrogens with zero attached hydrogens (tertiary/aromatic N) is 1. The molecule has 1 N–H and O–H groups in total. The number of nitrogens with one attached hydrogen (secondary N) is 1. The molecule has 0 bridgehead atoms. The highest BCUT2D eigenvalue weighted by atomic mass is 32.2. The first kappa shape index (κ1) is 27.5. The first-order valence-electron chi connectivity index (χ1n) is 13.3. The van der Waals surface area contributed by atoms with E-state index in [4.69, 9.17) is 14.5 Å². The Labute approximate surface area is 230 Å². The van der Waals surface area contributed by atoms with Gasteiger partial charge in [0.1, 0.15) is 5.75 Å². The van der Waals surface area contributed by atoms with Gasteiger partial charge in [0.15, 0.2) is 5.16 Å². The van der Waals surface area contributed by atoms with E-state index >= 15 is 0 Å². The minimum absolute atomic E-state index is 0.287. The molecular weight excluding hydrogens is 492 g/mol. The summed E-state index contributed by atoms with van der Waals surface area (Å²) in [6, 6.07) is 27.9. The molecule has 0 radical (unpaired) electrons. The van der Waals surface area contributed by atoms with Crippen LogP contribution < -0.4 is 4.74 Å². The van der Waals surface area contributed by atoms with Crippen molar-refractivity contribution >= 4 is 17.7 Å². The molecule has 4 rings (SSSR count). The van der Waals surface area contributed by atoms with Crippen LogP contribution >= 0.6 is 11.8 Å². The van der Waals surface area contributed by atoms with E-state index in [1.165, 1.54) is 0 Å². The molecule has 6 heteroatoms.